The maximum Gasteiger partial charge on any atom is 0.254 e. The highest BCUT2D eigenvalue weighted by Gasteiger charge is 2.40. The SMILES string of the molecule is C[C@H]1CCC(C)(C)N1C(=O)c1ccnc(N(C)C)c1. The number of rotatable bonds is 2. The molecule has 1 atom stereocenters. The summed E-state index contributed by atoms with van der Waals surface area (Å²) >= 11 is 0. The first kappa shape index (κ1) is 13.8. The Balaban J connectivity index is 2.31. The van der Waals surface area contributed by atoms with E-state index in [1.807, 2.05) is 30.0 Å². The van der Waals surface area contributed by atoms with E-state index in [0.717, 1.165) is 24.2 Å². The number of likely N-dealkylation sites (tertiary alicyclic amines) is 1. The van der Waals surface area contributed by atoms with Crippen molar-refractivity contribution in [1.82, 2.24) is 9.88 Å². The van der Waals surface area contributed by atoms with Crippen LogP contribution in [0.2, 0.25) is 0 Å². The molecule has 4 nitrogen and oxygen atoms in total. The molecule has 0 saturated carbocycles. The van der Waals surface area contributed by atoms with E-state index in [-0.39, 0.29) is 11.4 Å². The van der Waals surface area contributed by atoms with Crippen molar-refractivity contribution < 1.29 is 4.79 Å². The van der Waals surface area contributed by atoms with Gasteiger partial charge in [0.05, 0.1) is 0 Å². The fourth-order valence-corrected chi connectivity index (χ4v) is 2.82. The minimum atomic E-state index is -0.0575. The van der Waals surface area contributed by atoms with E-state index in [1.54, 1.807) is 12.3 Å². The molecule has 2 heterocycles. The summed E-state index contributed by atoms with van der Waals surface area (Å²) < 4.78 is 0. The zero-order valence-electron chi connectivity index (χ0n) is 12.5. The molecule has 0 N–H and O–H groups in total. The molecule has 1 aliphatic rings. The summed E-state index contributed by atoms with van der Waals surface area (Å²) in [7, 11) is 3.86. The molecule has 2 rings (SSSR count). The first-order valence-electron chi connectivity index (χ1n) is 6.80. The van der Waals surface area contributed by atoms with Gasteiger partial charge in [-0.3, -0.25) is 4.79 Å². The predicted octanol–water partition coefficient (Wildman–Crippen LogP) is 2.55. The number of amides is 1. The van der Waals surface area contributed by atoms with E-state index in [4.69, 9.17) is 0 Å². The first-order valence-corrected chi connectivity index (χ1v) is 6.80. The molecule has 0 bridgehead atoms. The number of carbonyl (C=O) groups is 1. The molecular formula is C15H23N3O. The zero-order chi connectivity index (χ0) is 14.2. The van der Waals surface area contributed by atoms with E-state index in [2.05, 4.69) is 25.8 Å². The van der Waals surface area contributed by atoms with Crippen molar-refractivity contribution >= 4 is 11.7 Å². The molecule has 0 unspecified atom stereocenters. The van der Waals surface area contributed by atoms with Crippen LogP contribution in [0.25, 0.3) is 0 Å². The van der Waals surface area contributed by atoms with Gasteiger partial charge in [-0.05, 0) is 45.7 Å². The van der Waals surface area contributed by atoms with Gasteiger partial charge in [0, 0.05) is 37.4 Å². The van der Waals surface area contributed by atoms with E-state index >= 15 is 0 Å². The van der Waals surface area contributed by atoms with Crippen LogP contribution in [-0.4, -0.2) is 41.5 Å². The molecule has 0 aromatic carbocycles. The highest BCUT2D eigenvalue weighted by Crippen LogP contribution is 2.34. The van der Waals surface area contributed by atoms with Crippen LogP contribution in [0.3, 0.4) is 0 Å². The van der Waals surface area contributed by atoms with Gasteiger partial charge in [0.1, 0.15) is 5.82 Å². The molecule has 0 radical (unpaired) electrons. The Bertz CT molecular complexity index is 482. The van der Waals surface area contributed by atoms with Crippen molar-refractivity contribution in [3.8, 4) is 0 Å². The summed E-state index contributed by atoms with van der Waals surface area (Å²) in [5, 5.41) is 0. The molecule has 1 fully saturated rings. The van der Waals surface area contributed by atoms with Gasteiger partial charge in [-0.2, -0.15) is 0 Å². The number of hydrogen-bond acceptors (Lipinski definition) is 3. The molecule has 0 spiro atoms. The maximum absolute atomic E-state index is 12.7. The number of anilines is 1. The second-order valence-electron chi connectivity index (χ2n) is 6.17. The summed E-state index contributed by atoms with van der Waals surface area (Å²) in [6.07, 6.45) is 3.84. The van der Waals surface area contributed by atoms with E-state index in [9.17, 15) is 4.79 Å². The van der Waals surface area contributed by atoms with E-state index in [1.165, 1.54) is 0 Å². The Kier molecular flexibility index (Phi) is 3.52. The third-order valence-electron chi connectivity index (χ3n) is 3.94. The average molecular weight is 261 g/mol. The Hall–Kier alpha value is -1.58. The van der Waals surface area contributed by atoms with Gasteiger partial charge in [-0.15, -0.1) is 0 Å². The normalized spacial score (nSPS) is 21.5. The quantitative estimate of drug-likeness (QED) is 0.821. The van der Waals surface area contributed by atoms with Crippen LogP contribution in [0.5, 0.6) is 0 Å². The highest BCUT2D eigenvalue weighted by molar-refractivity contribution is 5.95. The summed E-state index contributed by atoms with van der Waals surface area (Å²) in [5.74, 6) is 0.927. The molecule has 1 aromatic rings. The smallest absolute Gasteiger partial charge is 0.254 e. The van der Waals surface area contributed by atoms with Crippen LogP contribution in [0.4, 0.5) is 5.82 Å². The largest absolute Gasteiger partial charge is 0.363 e. The van der Waals surface area contributed by atoms with Crippen LogP contribution in [-0.2, 0) is 0 Å². The van der Waals surface area contributed by atoms with Gasteiger partial charge in [0.15, 0.2) is 0 Å². The lowest BCUT2D eigenvalue weighted by Crippen LogP contribution is -2.46. The lowest BCUT2D eigenvalue weighted by molar-refractivity contribution is 0.0578. The number of hydrogen-bond donors (Lipinski definition) is 0. The minimum Gasteiger partial charge on any atom is -0.363 e. The van der Waals surface area contributed by atoms with Crippen LogP contribution in [0.15, 0.2) is 18.3 Å². The van der Waals surface area contributed by atoms with Gasteiger partial charge < -0.3 is 9.80 Å². The topological polar surface area (TPSA) is 36.4 Å². The molecule has 104 valence electrons. The van der Waals surface area contributed by atoms with Crippen molar-refractivity contribution in [3.05, 3.63) is 23.9 Å². The molecular weight excluding hydrogens is 238 g/mol. The number of carbonyl (C=O) groups excluding carboxylic acids is 1. The van der Waals surface area contributed by atoms with Crippen LogP contribution in [0, 0.1) is 0 Å². The molecule has 1 amide bonds. The molecule has 1 aliphatic heterocycles. The standard InChI is InChI=1S/C15H23N3O/c1-11-6-8-15(2,3)18(11)14(19)12-7-9-16-13(10-12)17(4)5/h7,9-11H,6,8H2,1-5H3/t11-/m0/s1. The number of aromatic nitrogens is 1. The second-order valence-corrected chi connectivity index (χ2v) is 6.17. The van der Waals surface area contributed by atoms with Gasteiger partial charge in [0.25, 0.3) is 5.91 Å². The fourth-order valence-electron chi connectivity index (χ4n) is 2.82. The third kappa shape index (κ3) is 2.57. The number of pyridine rings is 1. The Morgan fingerprint density at radius 3 is 2.68 bits per heavy atom. The van der Waals surface area contributed by atoms with Crippen molar-refractivity contribution in [2.24, 2.45) is 0 Å². The fraction of sp³-hybridized carbons (Fsp3) is 0.600. The van der Waals surface area contributed by atoms with E-state index < -0.39 is 0 Å². The van der Waals surface area contributed by atoms with Crippen LogP contribution < -0.4 is 4.90 Å². The molecule has 1 saturated heterocycles. The second kappa shape index (κ2) is 4.83. The Morgan fingerprint density at radius 1 is 1.47 bits per heavy atom. The maximum atomic E-state index is 12.7. The molecule has 1 aromatic heterocycles. The van der Waals surface area contributed by atoms with Crippen LogP contribution in [0.1, 0.15) is 44.0 Å². The van der Waals surface area contributed by atoms with E-state index in [0.29, 0.717) is 6.04 Å². The zero-order valence-corrected chi connectivity index (χ0v) is 12.5. The van der Waals surface area contributed by atoms with Gasteiger partial charge in [-0.25, -0.2) is 4.98 Å². The Morgan fingerprint density at radius 2 is 2.16 bits per heavy atom. The Labute approximate surface area is 115 Å². The van der Waals surface area contributed by atoms with Gasteiger partial charge in [-0.1, -0.05) is 0 Å². The lowest BCUT2D eigenvalue weighted by Gasteiger charge is -2.35. The van der Waals surface area contributed by atoms with Gasteiger partial charge in [0.2, 0.25) is 0 Å². The monoisotopic (exact) mass is 261 g/mol. The van der Waals surface area contributed by atoms with Crippen molar-refractivity contribution in [2.45, 2.75) is 45.2 Å². The summed E-state index contributed by atoms with van der Waals surface area (Å²) in [5.41, 5.74) is 0.665. The molecule has 0 aliphatic carbocycles. The molecule has 19 heavy (non-hydrogen) atoms. The lowest BCUT2D eigenvalue weighted by atomic mass is 10.0. The number of nitrogens with zero attached hydrogens (tertiary/aromatic N) is 3. The third-order valence-corrected chi connectivity index (χ3v) is 3.94. The van der Waals surface area contributed by atoms with Crippen molar-refractivity contribution in [2.75, 3.05) is 19.0 Å². The summed E-state index contributed by atoms with van der Waals surface area (Å²) in [6, 6.07) is 3.97. The predicted molar refractivity (Wildman–Crippen MR) is 77.5 cm³/mol. The summed E-state index contributed by atoms with van der Waals surface area (Å²) in [6.45, 7) is 6.41. The first-order chi connectivity index (χ1) is 8.83. The molecule has 4 heteroatoms. The average Bonchev–Trinajstić information content (AvgIpc) is 2.63. The minimum absolute atomic E-state index is 0.0575. The summed E-state index contributed by atoms with van der Waals surface area (Å²) in [4.78, 5) is 20.9. The highest BCUT2D eigenvalue weighted by atomic mass is 16.2. The van der Waals surface area contributed by atoms with Gasteiger partial charge >= 0.3 is 0 Å². The van der Waals surface area contributed by atoms with Crippen LogP contribution >= 0.6 is 0 Å². The van der Waals surface area contributed by atoms with Crippen molar-refractivity contribution in [3.63, 3.8) is 0 Å². The van der Waals surface area contributed by atoms with Crippen molar-refractivity contribution in [1.29, 1.82) is 0 Å².